The average Bonchev–Trinajstić information content (AvgIpc) is 0.918. The predicted octanol–water partition coefficient (Wildman–Crippen LogP) is -1.26. The van der Waals surface area contributed by atoms with E-state index in [0.29, 0.717) is 13.3 Å². The van der Waals surface area contributed by atoms with Crippen LogP contribution in [0.15, 0.2) is 0 Å². The van der Waals surface area contributed by atoms with Crippen molar-refractivity contribution in [1.29, 1.82) is 0 Å². The van der Waals surface area contributed by atoms with Crippen LogP contribution in [0.4, 0.5) is 0 Å². The van der Waals surface area contributed by atoms with Gasteiger partial charge in [-0.2, -0.15) is 0 Å². The average molecular weight is 578 g/mol. The van der Waals surface area contributed by atoms with Crippen molar-refractivity contribution in [2.24, 2.45) is 0 Å². The Morgan fingerprint density at radius 3 is 1.17 bits per heavy atom. The minimum atomic E-state index is 0. The molecule has 0 aliphatic rings. The monoisotopic (exact) mass is 578 g/mol. The number of rotatable bonds is 0. The molecule has 35 valence electrons. The number of hydrogen-bond acceptors (Lipinski definition) is 0. The molecule has 6 heavy (non-hydrogen) atoms. The fourth-order valence-electron chi connectivity index (χ4n) is 0. The third-order valence-electron chi connectivity index (χ3n) is 0. The maximum absolute atomic E-state index is 2.39. The van der Waals surface area contributed by atoms with Gasteiger partial charge in [0.25, 0.3) is 0 Å². The van der Waals surface area contributed by atoms with Crippen LogP contribution in [-0.4, -0.2) is 29.6 Å². The van der Waals surface area contributed by atoms with Gasteiger partial charge in [-0.3, -0.25) is 0 Å². The van der Waals surface area contributed by atoms with Gasteiger partial charge in [0.05, 0.1) is 0 Å². The van der Waals surface area contributed by atoms with Crippen LogP contribution >= 0.6 is 61.2 Å². The van der Waals surface area contributed by atoms with Crippen molar-refractivity contribution >= 4 is 90.8 Å². The number of hydrogen-bond donors (Lipinski definition) is 0. The minimum absolute atomic E-state index is 0. The topological polar surface area (TPSA) is 0 Å². The van der Waals surface area contributed by atoms with Gasteiger partial charge in [0.15, 0.2) is 0 Å². The fraction of sp³-hybridized carbons (Fsp3) is 0. The molecule has 0 saturated carbocycles. The van der Waals surface area contributed by atoms with E-state index >= 15 is 0 Å². The molecular weight excluding hydrogens is 576 g/mol. The predicted molar refractivity (Wildman–Crippen MR) is 50.6 cm³/mol. The van der Waals surface area contributed by atoms with E-state index in [-0.39, 0.29) is 79.4 Å². The van der Waals surface area contributed by atoms with E-state index in [1.165, 1.54) is 0 Å². The molecule has 0 fully saturated rings. The first-order valence-electron chi connectivity index (χ1n) is 0.286. The summed E-state index contributed by atoms with van der Waals surface area (Å²) in [5, 5.41) is 0. The van der Waals surface area contributed by atoms with Crippen molar-refractivity contribution in [2.75, 3.05) is 0 Å². The summed E-state index contributed by atoms with van der Waals surface area (Å²) in [6.45, 7) is 0. The van der Waals surface area contributed by atoms with E-state index in [4.69, 9.17) is 0 Å². The van der Waals surface area contributed by atoms with Crippen molar-refractivity contribution in [3.63, 3.8) is 0 Å². The molecule has 0 aromatic rings. The summed E-state index contributed by atoms with van der Waals surface area (Å²) in [5.74, 6) is 0. The Hall–Kier alpha value is 4.79. The first-order valence-corrected chi connectivity index (χ1v) is 12.9. The molecule has 0 rings (SSSR count). The van der Waals surface area contributed by atoms with Crippen LogP contribution in [0.5, 0.6) is 0 Å². The zero-order valence-electron chi connectivity index (χ0n) is 2.12. The molecule has 0 spiro atoms. The van der Waals surface area contributed by atoms with Gasteiger partial charge in [-0.1, -0.05) is 0 Å². The molecule has 0 aliphatic heterocycles. The van der Waals surface area contributed by atoms with Gasteiger partial charge >= 0.3 is 80.0 Å². The quantitative estimate of drug-likeness (QED) is 0.249. The van der Waals surface area contributed by atoms with Crippen molar-refractivity contribution in [1.82, 2.24) is 0 Å². The largest absolute Gasteiger partial charge is 0 e. The Bertz CT molecular complexity index is 7.51. The van der Waals surface area contributed by atoms with E-state index < -0.39 is 0 Å². The summed E-state index contributed by atoms with van der Waals surface area (Å²) in [5.41, 5.74) is 0. The van der Waals surface area contributed by atoms with Gasteiger partial charge < -0.3 is 0 Å². The minimum Gasteiger partial charge on any atom is 0 e. The summed E-state index contributed by atoms with van der Waals surface area (Å²) in [4.78, 5) is 0. The van der Waals surface area contributed by atoms with Gasteiger partial charge in [0.1, 0.15) is 0 Å². The molecule has 0 amide bonds. The normalized spacial score (nSPS) is 3.67. The fourth-order valence-corrected chi connectivity index (χ4v) is 0. The van der Waals surface area contributed by atoms with Crippen molar-refractivity contribution < 1.29 is 39.1 Å². The second-order valence-electron chi connectivity index (χ2n) is 0.0540. The molecule has 0 unspecified atom stereocenters. The van der Waals surface area contributed by atoms with Crippen LogP contribution < -0.4 is 13.3 Å². The first-order chi connectivity index (χ1) is 1.41. The molecule has 0 atom stereocenters. The van der Waals surface area contributed by atoms with Crippen LogP contribution in [0.25, 0.3) is 0 Å². The van der Waals surface area contributed by atoms with E-state index in [1.54, 1.807) is 0 Å². The number of halogens is 4. The molecule has 0 saturated heterocycles. The second-order valence-corrected chi connectivity index (χ2v) is 16.3. The molecular formula is H2I4NaSc-. The molecule has 1 radical (unpaired) electrons. The summed E-state index contributed by atoms with van der Waals surface area (Å²) in [7, 11) is 0. The molecule has 0 N–H and O–H groups in total. The molecule has 0 heterocycles. The van der Waals surface area contributed by atoms with Gasteiger partial charge in [-0.25, -0.2) is 0 Å². The Kier molecular flexibility index (Phi) is 84.4. The Morgan fingerprint density at radius 2 is 1.17 bits per heavy atom. The zero-order chi connectivity index (χ0) is 2.71. The smallest absolute Gasteiger partial charge is 0 e. The summed E-state index contributed by atoms with van der Waals surface area (Å²) >= 11 is 5.30. The molecule has 6 heteroatoms. The van der Waals surface area contributed by atoms with Crippen LogP contribution in [0, 0.1) is 0 Å². The van der Waals surface area contributed by atoms with Crippen LogP contribution in [0.3, 0.4) is 0 Å². The van der Waals surface area contributed by atoms with Crippen LogP contribution in [0.1, 0.15) is 0 Å². The third-order valence-corrected chi connectivity index (χ3v) is 0. The third kappa shape index (κ3) is 23.2. The maximum Gasteiger partial charge on any atom is 0 e. The van der Waals surface area contributed by atoms with E-state index in [2.05, 4.69) is 37.2 Å². The summed E-state index contributed by atoms with van der Waals surface area (Å²) in [6.07, 6.45) is 0. The van der Waals surface area contributed by atoms with Gasteiger partial charge in [-0.05, 0) is 0 Å². The van der Waals surface area contributed by atoms with Crippen LogP contribution in [0.2, 0.25) is 0 Å². The summed E-state index contributed by atoms with van der Waals surface area (Å²) < 4.78 is 0. The van der Waals surface area contributed by atoms with E-state index in [0.717, 1.165) is 0 Å². The Balaban J connectivity index is -0.00000000667. The SMILES string of the molecule is I.I[I-]I.[NaH].[Sc]. The second kappa shape index (κ2) is 22.6. The van der Waals surface area contributed by atoms with Crippen molar-refractivity contribution in [3.8, 4) is 0 Å². The zero-order valence-corrected chi connectivity index (χ0v) is 12.7. The van der Waals surface area contributed by atoms with Crippen molar-refractivity contribution in [3.05, 3.63) is 0 Å². The van der Waals surface area contributed by atoms with E-state index in [1.807, 2.05) is 0 Å². The van der Waals surface area contributed by atoms with Crippen molar-refractivity contribution in [2.45, 2.75) is 0 Å². The first kappa shape index (κ1) is 22.4. The van der Waals surface area contributed by atoms with Gasteiger partial charge in [0, 0.05) is 25.8 Å². The molecule has 0 aromatic heterocycles. The maximum atomic E-state index is 2.39. The van der Waals surface area contributed by atoms with Crippen LogP contribution in [-0.2, 0) is 25.8 Å². The summed E-state index contributed by atoms with van der Waals surface area (Å²) in [6, 6.07) is 0. The molecule has 0 aromatic carbocycles. The Morgan fingerprint density at radius 1 is 1.17 bits per heavy atom. The molecule has 0 nitrogen and oxygen atoms in total. The molecule has 0 bridgehead atoms. The van der Waals surface area contributed by atoms with Gasteiger partial charge in [0.2, 0.25) is 0 Å². The molecule has 0 aliphatic carbocycles. The van der Waals surface area contributed by atoms with Gasteiger partial charge in [-0.15, -0.1) is 24.0 Å². The standard InChI is InChI=1S/I3.HI.Na.Sc.H/c1-3-2;;;;/h;1H;;;/q-1;;;;. The Labute approximate surface area is 126 Å². The van der Waals surface area contributed by atoms with E-state index in [9.17, 15) is 0 Å².